The second-order valence-electron chi connectivity index (χ2n) is 6.54. The summed E-state index contributed by atoms with van der Waals surface area (Å²) in [5.41, 5.74) is 1.83. The molecule has 0 aliphatic rings. The van der Waals surface area contributed by atoms with Gasteiger partial charge in [-0.15, -0.1) is 0 Å². The van der Waals surface area contributed by atoms with E-state index in [0.29, 0.717) is 27.8 Å². The number of rotatable bonds is 9. The van der Waals surface area contributed by atoms with Gasteiger partial charge in [0.25, 0.3) is 15.9 Å². The van der Waals surface area contributed by atoms with Gasteiger partial charge in [0.05, 0.1) is 4.90 Å². The highest BCUT2D eigenvalue weighted by Gasteiger charge is 2.14. The number of hydrogen-bond donors (Lipinski definition) is 2. The van der Waals surface area contributed by atoms with Gasteiger partial charge in [0.15, 0.2) is 0 Å². The summed E-state index contributed by atoms with van der Waals surface area (Å²) in [4.78, 5) is 12.5. The first kappa shape index (κ1) is 23.5. The van der Waals surface area contributed by atoms with Gasteiger partial charge in [-0.05, 0) is 54.1 Å². The number of sulfonamides is 1. The van der Waals surface area contributed by atoms with Crippen molar-refractivity contribution in [3.05, 3.63) is 94.0 Å². The SMILES string of the molecule is O=C(NCCSCc1ccc(Cl)cc1Cl)c1ccc(NS(=O)(=O)c2ccccc2)cc1. The maximum atomic E-state index is 12.4. The fourth-order valence-electron chi connectivity index (χ4n) is 2.66. The van der Waals surface area contributed by atoms with Crippen molar-refractivity contribution < 1.29 is 13.2 Å². The topological polar surface area (TPSA) is 75.3 Å². The lowest BCUT2D eigenvalue weighted by Crippen LogP contribution is -2.25. The second-order valence-corrected chi connectivity index (χ2v) is 10.2. The van der Waals surface area contributed by atoms with Gasteiger partial charge in [-0.2, -0.15) is 11.8 Å². The van der Waals surface area contributed by atoms with E-state index in [1.165, 1.54) is 12.1 Å². The number of nitrogens with one attached hydrogen (secondary N) is 2. The molecule has 0 fully saturated rings. The molecule has 31 heavy (non-hydrogen) atoms. The quantitative estimate of drug-likeness (QED) is 0.387. The zero-order valence-electron chi connectivity index (χ0n) is 16.3. The molecule has 0 aliphatic carbocycles. The second kappa shape index (κ2) is 10.9. The molecule has 0 spiro atoms. The van der Waals surface area contributed by atoms with Crippen LogP contribution >= 0.6 is 35.0 Å². The van der Waals surface area contributed by atoms with Gasteiger partial charge in [-0.3, -0.25) is 9.52 Å². The first-order valence-corrected chi connectivity index (χ1v) is 12.7. The monoisotopic (exact) mass is 494 g/mol. The fourth-order valence-corrected chi connectivity index (χ4v) is 5.16. The molecule has 0 heterocycles. The molecule has 162 valence electrons. The zero-order chi connectivity index (χ0) is 22.3. The van der Waals surface area contributed by atoms with Crippen LogP contribution in [0.1, 0.15) is 15.9 Å². The lowest BCUT2D eigenvalue weighted by Gasteiger charge is -2.09. The predicted molar refractivity (Wildman–Crippen MR) is 129 cm³/mol. The number of halogens is 2. The highest BCUT2D eigenvalue weighted by Crippen LogP contribution is 2.24. The van der Waals surface area contributed by atoms with Crippen LogP contribution in [0.15, 0.2) is 77.7 Å². The Balaban J connectivity index is 1.46. The van der Waals surface area contributed by atoms with Gasteiger partial charge < -0.3 is 5.32 Å². The van der Waals surface area contributed by atoms with Gasteiger partial charge in [0.2, 0.25) is 0 Å². The third-order valence-corrected chi connectivity index (χ3v) is 7.25. The number of anilines is 1. The minimum absolute atomic E-state index is 0.175. The molecule has 0 aromatic heterocycles. The molecule has 0 saturated carbocycles. The lowest BCUT2D eigenvalue weighted by atomic mass is 10.2. The standard InChI is InChI=1S/C22H20Cl2N2O3S2/c23-18-9-6-17(21(24)14-18)15-30-13-12-25-22(27)16-7-10-19(11-8-16)26-31(28,29)20-4-2-1-3-5-20/h1-11,14,26H,12-13,15H2,(H,25,27). The first-order valence-electron chi connectivity index (χ1n) is 9.33. The van der Waals surface area contributed by atoms with Crippen LogP contribution in [0.2, 0.25) is 10.0 Å². The maximum absolute atomic E-state index is 12.4. The maximum Gasteiger partial charge on any atom is 0.261 e. The smallest absolute Gasteiger partial charge is 0.261 e. The molecule has 3 aromatic carbocycles. The van der Waals surface area contributed by atoms with Crippen LogP contribution in [0.5, 0.6) is 0 Å². The Hall–Kier alpha value is -2.19. The Morgan fingerprint density at radius 1 is 0.935 bits per heavy atom. The molecule has 3 rings (SSSR count). The Bertz CT molecular complexity index is 1140. The molecule has 0 bridgehead atoms. The minimum Gasteiger partial charge on any atom is -0.351 e. The molecule has 0 atom stereocenters. The van der Waals surface area contributed by atoms with E-state index < -0.39 is 10.0 Å². The molecule has 3 aromatic rings. The van der Waals surface area contributed by atoms with E-state index in [1.807, 2.05) is 6.07 Å². The van der Waals surface area contributed by atoms with Crippen molar-refractivity contribution in [1.29, 1.82) is 0 Å². The molecule has 1 amide bonds. The summed E-state index contributed by atoms with van der Waals surface area (Å²) >= 11 is 13.7. The van der Waals surface area contributed by atoms with Crippen LogP contribution < -0.4 is 10.0 Å². The van der Waals surface area contributed by atoms with E-state index in [9.17, 15) is 13.2 Å². The Morgan fingerprint density at radius 2 is 1.65 bits per heavy atom. The van der Waals surface area contributed by atoms with E-state index >= 15 is 0 Å². The summed E-state index contributed by atoms with van der Waals surface area (Å²) in [6.45, 7) is 0.497. The van der Waals surface area contributed by atoms with Crippen molar-refractivity contribution in [1.82, 2.24) is 5.32 Å². The van der Waals surface area contributed by atoms with Gasteiger partial charge in [-0.1, -0.05) is 47.5 Å². The van der Waals surface area contributed by atoms with E-state index in [1.54, 1.807) is 66.4 Å². The molecule has 2 N–H and O–H groups in total. The number of benzene rings is 3. The van der Waals surface area contributed by atoms with Crippen molar-refractivity contribution in [2.75, 3.05) is 17.0 Å². The van der Waals surface area contributed by atoms with E-state index in [4.69, 9.17) is 23.2 Å². The number of hydrogen-bond acceptors (Lipinski definition) is 4. The lowest BCUT2D eigenvalue weighted by molar-refractivity contribution is 0.0956. The zero-order valence-corrected chi connectivity index (χ0v) is 19.5. The summed E-state index contributed by atoms with van der Waals surface area (Å²) in [6, 6.07) is 19.8. The van der Waals surface area contributed by atoms with Crippen molar-refractivity contribution in [3.63, 3.8) is 0 Å². The molecule has 0 saturated heterocycles. The summed E-state index contributed by atoms with van der Waals surface area (Å²) in [5, 5.41) is 4.08. The number of amides is 1. The van der Waals surface area contributed by atoms with Crippen molar-refractivity contribution >= 4 is 56.6 Å². The van der Waals surface area contributed by atoms with Crippen molar-refractivity contribution in [2.24, 2.45) is 0 Å². The third kappa shape index (κ3) is 6.90. The van der Waals surface area contributed by atoms with Crippen molar-refractivity contribution in [3.8, 4) is 0 Å². The van der Waals surface area contributed by atoms with Crippen LogP contribution in [-0.2, 0) is 15.8 Å². The summed E-state index contributed by atoms with van der Waals surface area (Å²) in [5.74, 6) is 1.23. The van der Waals surface area contributed by atoms with Crippen LogP contribution in [0, 0.1) is 0 Å². The number of carbonyl (C=O) groups excluding carboxylic acids is 1. The average molecular weight is 495 g/mol. The van der Waals surface area contributed by atoms with E-state index in [-0.39, 0.29) is 10.8 Å². The molecule has 5 nitrogen and oxygen atoms in total. The van der Waals surface area contributed by atoms with Gasteiger partial charge in [0, 0.05) is 39.3 Å². The molecule has 0 radical (unpaired) electrons. The Morgan fingerprint density at radius 3 is 2.32 bits per heavy atom. The van der Waals surface area contributed by atoms with E-state index in [0.717, 1.165) is 17.1 Å². The summed E-state index contributed by atoms with van der Waals surface area (Å²) in [7, 11) is -3.67. The predicted octanol–water partition coefficient (Wildman–Crippen LogP) is 5.46. The molecular formula is C22H20Cl2N2O3S2. The summed E-state index contributed by atoms with van der Waals surface area (Å²) in [6.07, 6.45) is 0. The van der Waals surface area contributed by atoms with Crippen LogP contribution in [-0.4, -0.2) is 26.6 Å². The highest BCUT2D eigenvalue weighted by molar-refractivity contribution is 7.98. The number of thioether (sulfide) groups is 1. The third-order valence-electron chi connectivity index (χ3n) is 4.26. The highest BCUT2D eigenvalue weighted by atomic mass is 35.5. The normalized spacial score (nSPS) is 11.2. The first-order chi connectivity index (χ1) is 14.8. The fraction of sp³-hybridized carbons (Fsp3) is 0.136. The average Bonchev–Trinajstić information content (AvgIpc) is 2.75. The summed E-state index contributed by atoms with van der Waals surface area (Å²) < 4.78 is 27.2. The molecule has 9 heteroatoms. The molecule has 0 unspecified atom stereocenters. The molecular weight excluding hydrogens is 475 g/mol. The minimum atomic E-state index is -3.67. The Labute approximate surface area is 196 Å². The van der Waals surface area contributed by atoms with Gasteiger partial charge in [-0.25, -0.2) is 8.42 Å². The van der Waals surface area contributed by atoms with Gasteiger partial charge >= 0.3 is 0 Å². The van der Waals surface area contributed by atoms with Crippen LogP contribution in [0.25, 0.3) is 0 Å². The van der Waals surface area contributed by atoms with E-state index in [2.05, 4.69) is 10.0 Å². The van der Waals surface area contributed by atoms with Gasteiger partial charge in [0.1, 0.15) is 0 Å². The Kier molecular flexibility index (Phi) is 8.26. The van der Waals surface area contributed by atoms with Crippen LogP contribution in [0.3, 0.4) is 0 Å². The number of carbonyl (C=O) groups is 1. The van der Waals surface area contributed by atoms with Crippen molar-refractivity contribution in [2.45, 2.75) is 10.6 Å². The largest absolute Gasteiger partial charge is 0.351 e. The van der Waals surface area contributed by atoms with Crippen LogP contribution in [0.4, 0.5) is 5.69 Å². The molecule has 0 aliphatic heterocycles.